The van der Waals surface area contributed by atoms with Crippen molar-refractivity contribution >= 4 is 0 Å². The maximum absolute atomic E-state index is 10.3. The molecule has 3 nitrogen and oxygen atoms in total. The van der Waals surface area contributed by atoms with E-state index in [2.05, 4.69) is 38.0 Å². The summed E-state index contributed by atoms with van der Waals surface area (Å²) < 4.78 is 1.70. The second kappa shape index (κ2) is 5.25. The second-order valence-corrected chi connectivity index (χ2v) is 4.59. The molecule has 0 aliphatic heterocycles. The van der Waals surface area contributed by atoms with Gasteiger partial charge in [0, 0.05) is 6.54 Å². The van der Waals surface area contributed by atoms with Gasteiger partial charge < -0.3 is 5.11 Å². The predicted octanol–water partition coefficient (Wildman–Crippen LogP) is 3.54. The van der Waals surface area contributed by atoms with Crippen LogP contribution in [-0.4, -0.2) is 14.9 Å². The Morgan fingerprint density at radius 2 is 1.83 bits per heavy atom. The molecular formula is C15H20N2O. The van der Waals surface area contributed by atoms with Crippen molar-refractivity contribution in [3.05, 3.63) is 35.5 Å². The van der Waals surface area contributed by atoms with Gasteiger partial charge in [-0.2, -0.15) is 5.10 Å². The number of rotatable bonds is 4. The Morgan fingerprint density at radius 3 is 2.39 bits per heavy atom. The largest absolute Gasteiger partial charge is 0.493 e. The van der Waals surface area contributed by atoms with E-state index < -0.39 is 0 Å². The molecule has 0 saturated carbocycles. The van der Waals surface area contributed by atoms with Crippen LogP contribution in [0.1, 0.15) is 31.5 Å². The molecule has 2 rings (SSSR count). The molecule has 0 amide bonds. The number of hydrogen-bond donors (Lipinski definition) is 1. The Morgan fingerprint density at radius 1 is 1.17 bits per heavy atom. The lowest BCUT2D eigenvalue weighted by Crippen LogP contribution is -1.98. The fraction of sp³-hybridized carbons (Fsp3) is 0.400. The van der Waals surface area contributed by atoms with E-state index in [1.807, 2.05) is 12.1 Å². The molecule has 0 bridgehead atoms. The number of hydrogen-bond acceptors (Lipinski definition) is 2. The van der Waals surface area contributed by atoms with Crippen molar-refractivity contribution in [2.24, 2.45) is 0 Å². The van der Waals surface area contributed by atoms with Crippen LogP contribution in [0.15, 0.2) is 24.3 Å². The summed E-state index contributed by atoms with van der Waals surface area (Å²) in [6.07, 6.45) is 1.79. The number of aryl methyl sites for hydroxylation is 3. The molecule has 0 aliphatic carbocycles. The van der Waals surface area contributed by atoms with Crippen LogP contribution in [0.4, 0.5) is 0 Å². The highest BCUT2D eigenvalue weighted by molar-refractivity contribution is 5.71. The van der Waals surface area contributed by atoms with E-state index in [0.717, 1.165) is 36.2 Å². The lowest BCUT2D eigenvalue weighted by Gasteiger charge is -2.03. The molecule has 3 heteroatoms. The van der Waals surface area contributed by atoms with Crippen LogP contribution in [0.2, 0.25) is 0 Å². The third-order valence-electron chi connectivity index (χ3n) is 3.11. The zero-order valence-electron chi connectivity index (χ0n) is 11.3. The van der Waals surface area contributed by atoms with Crippen molar-refractivity contribution in [2.75, 3.05) is 0 Å². The molecule has 1 N–H and O–H groups in total. The lowest BCUT2D eigenvalue weighted by atomic mass is 10.0. The van der Waals surface area contributed by atoms with Crippen molar-refractivity contribution in [3.63, 3.8) is 0 Å². The summed E-state index contributed by atoms with van der Waals surface area (Å²) in [5.74, 6) is 0.289. The highest BCUT2D eigenvalue weighted by Gasteiger charge is 2.17. The zero-order valence-corrected chi connectivity index (χ0v) is 11.3. The fourth-order valence-corrected chi connectivity index (χ4v) is 2.13. The molecule has 0 unspecified atom stereocenters. The van der Waals surface area contributed by atoms with Crippen molar-refractivity contribution in [2.45, 2.75) is 40.2 Å². The monoisotopic (exact) mass is 244 g/mol. The Bertz CT molecular complexity index is 526. The topological polar surface area (TPSA) is 38.0 Å². The average Bonchev–Trinajstić information content (AvgIpc) is 2.68. The minimum Gasteiger partial charge on any atom is -0.493 e. The van der Waals surface area contributed by atoms with Gasteiger partial charge in [-0.1, -0.05) is 43.7 Å². The molecule has 1 heterocycles. The molecule has 96 valence electrons. The molecule has 1 aromatic heterocycles. The van der Waals surface area contributed by atoms with Gasteiger partial charge in [0.1, 0.15) is 0 Å². The molecule has 18 heavy (non-hydrogen) atoms. The normalized spacial score (nSPS) is 10.8. The van der Waals surface area contributed by atoms with Gasteiger partial charge in [0.25, 0.3) is 0 Å². The Balaban J connectivity index is 2.51. The Kier molecular flexibility index (Phi) is 3.70. The first-order valence-corrected chi connectivity index (χ1v) is 6.53. The molecule has 0 radical (unpaired) electrons. The van der Waals surface area contributed by atoms with E-state index in [1.165, 1.54) is 5.56 Å². The number of aromatic nitrogens is 2. The summed E-state index contributed by atoms with van der Waals surface area (Å²) in [5, 5.41) is 14.8. The van der Waals surface area contributed by atoms with E-state index >= 15 is 0 Å². The second-order valence-electron chi connectivity index (χ2n) is 4.59. The van der Waals surface area contributed by atoms with Gasteiger partial charge in [0.15, 0.2) is 0 Å². The maximum atomic E-state index is 10.3. The minimum absolute atomic E-state index is 0.289. The first-order valence-electron chi connectivity index (χ1n) is 6.53. The molecular weight excluding hydrogens is 224 g/mol. The molecule has 0 fully saturated rings. The minimum atomic E-state index is 0.289. The van der Waals surface area contributed by atoms with Crippen LogP contribution in [0, 0.1) is 6.92 Å². The van der Waals surface area contributed by atoms with E-state index in [1.54, 1.807) is 4.68 Å². The summed E-state index contributed by atoms with van der Waals surface area (Å²) >= 11 is 0. The average molecular weight is 244 g/mol. The van der Waals surface area contributed by atoms with Gasteiger partial charge in [-0.25, -0.2) is 4.68 Å². The van der Waals surface area contributed by atoms with Crippen LogP contribution in [0.25, 0.3) is 11.1 Å². The smallest absolute Gasteiger partial charge is 0.217 e. The van der Waals surface area contributed by atoms with Gasteiger partial charge in [-0.15, -0.1) is 0 Å². The van der Waals surface area contributed by atoms with E-state index in [0.29, 0.717) is 0 Å². The molecule has 1 aromatic carbocycles. The highest BCUT2D eigenvalue weighted by atomic mass is 16.3. The van der Waals surface area contributed by atoms with Crippen molar-refractivity contribution in [1.29, 1.82) is 0 Å². The van der Waals surface area contributed by atoms with Crippen molar-refractivity contribution < 1.29 is 5.11 Å². The van der Waals surface area contributed by atoms with Crippen molar-refractivity contribution in [1.82, 2.24) is 9.78 Å². The van der Waals surface area contributed by atoms with Gasteiger partial charge >= 0.3 is 0 Å². The van der Waals surface area contributed by atoms with Gasteiger partial charge in [0.05, 0.1) is 11.3 Å². The molecule has 0 aliphatic rings. The van der Waals surface area contributed by atoms with E-state index in [4.69, 9.17) is 0 Å². The van der Waals surface area contributed by atoms with Crippen LogP contribution in [-0.2, 0) is 13.0 Å². The van der Waals surface area contributed by atoms with Crippen LogP contribution in [0.3, 0.4) is 0 Å². The van der Waals surface area contributed by atoms with E-state index in [-0.39, 0.29) is 5.88 Å². The van der Waals surface area contributed by atoms with Gasteiger partial charge in [-0.05, 0) is 25.3 Å². The Hall–Kier alpha value is -1.77. The number of nitrogens with zero attached hydrogens (tertiary/aromatic N) is 2. The SMILES string of the molecule is CCCn1nc(CC)c(-c2ccc(C)cc2)c1O. The van der Waals surface area contributed by atoms with Crippen LogP contribution in [0.5, 0.6) is 5.88 Å². The number of aromatic hydroxyl groups is 1. The summed E-state index contributed by atoms with van der Waals surface area (Å²) in [6.45, 7) is 6.96. The zero-order chi connectivity index (χ0) is 13.1. The summed E-state index contributed by atoms with van der Waals surface area (Å²) in [5.41, 5.74) is 4.10. The molecule has 0 saturated heterocycles. The first-order chi connectivity index (χ1) is 8.67. The molecule has 0 spiro atoms. The standard InChI is InChI=1S/C15H20N2O/c1-4-10-17-15(18)14(13(5-2)16-17)12-8-6-11(3)7-9-12/h6-9,18H,4-5,10H2,1-3H3. The predicted molar refractivity (Wildman–Crippen MR) is 73.7 cm³/mol. The van der Waals surface area contributed by atoms with E-state index in [9.17, 15) is 5.11 Å². The summed E-state index contributed by atoms with van der Waals surface area (Å²) in [7, 11) is 0. The third kappa shape index (κ3) is 2.26. The first kappa shape index (κ1) is 12.7. The third-order valence-corrected chi connectivity index (χ3v) is 3.11. The maximum Gasteiger partial charge on any atom is 0.217 e. The molecule has 2 aromatic rings. The highest BCUT2D eigenvalue weighted by Crippen LogP contribution is 2.33. The summed E-state index contributed by atoms with van der Waals surface area (Å²) in [4.78, 5) is 0. The van der Waals surface area contributed by atoms with Crippen molar-refractivity contribution in [3.8, 4) is 17.0 Å². The quantitative estimate of drug-likeness (QED) is 0.893. The lowest BCUT2D eigenvalue weighted by molar-refractivity contribution is 0.398. The van der Waals surface area contributed by atoms with Gasteiger partial charge in [-0.3, -0.25) is 0 Å². The van der Waals surface area contributed by atoms with Crippen LogP contribution >= 0.6 is 0 Å². The van der Waals surface area contributed by atoms with Crippen LogP contribution < -0.4 is 0 Å². The molecule has 0 atom stereocenters. The Labute approximate surface area is 108 Å². The fourth-order valence-electron chi connectivity index (χ4n) is 2.13. The summed E-state index contributed by atoms with van der Waals surface area (Å²) in [6, 6.07) is 8.21. The number of benzene rings is 1. The van der Waals surface area contributed by atoms with Gasteiger partial charge in [0.2, 0.25) is 5.88 Å².